The van der Waals surface area contributed by atoms with Crippen molar-refractivity contribution in [3.8, 4) is 34.4 Å². The van der Waals surface area contributed by atoms with Crippen molar-refractivity contribution in [2.75, 3.05) is 26.7 Å². The summed E-state index contributed by atoms with van der Waals surface area (Å²) in [5.74, 6) is 2.22. The number of pyridine rings is 1. The van der Waals surface area contributed by atoms with E-state index in [1.165, 1.54) is 0 Å². The van der Waals surface area contributed by atoms with Crippen molar-refractivity contribution in [1.29, 1.82) is 5.26 Å². The SMILES string of the molecule is COc1ccc(Cn2cc(C#N)c(=O)c(-c3cccc(OCCCl)c3)c2)cc1OC. The van der Waals surface area contributed by atoms with Gasteiger partial charge in [-0.2, -0.15) is 5.26 Å². The first-order valence-electron chi connectivity index (χ1n) is 9.24. The van der Waals surface area contributed by atoms with Crippen LogP contribution in [0.15, 0.2) is 59.7 Å². The van der Waals surface area contributed by atoms with Crippen molar-refractivity contribution < 1.29 is 14.2 Å². The molecule has 30 heavy (non-hydrogen) atoms. The Bertz CT molecular complexity index is 1130. The van der Waals surface area contributed by atoms with Crippen LogP contribution in [0, 0.1) is 11.3 Å². The Balaban J connectivity index is 2.01. The Kier molecular flexibility index (Phi) is 6.99. The number of nitrogens with zero attached hydrogens (tertiary/aromatic N) is 2. The number of benzene rings is 2. The fourth-order valence-corrected chi connectivity index (χ4v) is 3.18. The van der Waals surface area contributed by atoms with Crippen molar-refractivity contribution in [2.45, 2.75) is 6.54 Å². The molecule has 0 saturated heterocycles. The van der Waals surface area contributed by atoms with E-state index in [2.05, 4.69) is 0 Å². The first-order valence-corrected chi connectivity index (χ1v) is 9.77. The topological polar surface area (TPSA) is 73.5 Å². The molecule has 0 spiro atoms. The van der Waals surface area contributed by atoms with Gasteiger partial charge >= 0.3 is 0 Å². The molecule has 1 heterocycles. The Morgan fingerprint density at radius 1 is 1.07 bits per heavy atom. The van der Waals surface area contributed by atoms with Crippen LogP contribution >= 0.6 is 11.6 Å². The van der Waals surface area contributed by atoms with Gasteiger partial charge in [0, 0.05) is 24.5 Å². The first kappa shape index (κ1) is 21.3. The smallest absolute Gasteiger partial charge is 0.207 e. The average molecular weight is 425 g/mol. The van der Waals surface area contributed by atoms with Gasteiger partial charge in [-0.25, -0.2) is 0 Å². The van der Waals surface area contributed by atoms with E-state index >= 15 is 0 Å². The maximum atomic E-state index is 12.8. The van der Waals surface area contributed by atoms with E-state index in [-0.39, 0.29) is 11.0 Å². The molecular weight excluding hydrogens is 404 g/mol. The van der Waals surface area contributed by atoms with Gasteiger partial charge in [-0.05, 0) is 35.4 Å². The van der Waals surface area contributed by atoms with Crippen LogP contribution in [0.3, 0.4) is 0 Å². The molecule has 0 saturated carbocycles. The van der Waals surface area contributed by atoms with E-state index in [1.807, 2.05) is 34.9 Å². The summed E-state index contributed by atoms with van der Waals surface area (Å²) in [4.78, 5) is 12.8. The van der Waals surface area contributed by atoms with Gasteiger partial charge in [0.25, 0.3) is 0 Å². The van der Waals surface area contributed by atoms with Crippen LogP contribution < -0.4 is 19.6 Å². The number of hydrogen-bond donors (Lipinski definition) is 0. The lowest BCUT2D eigenvalue weighted by molar-refractivity contribution is 0.343. The van der Waals surface area contributed by atoms with Crippen LogP contribution in [0.1, 0.15) is 11.1 Å². The minimum Gasteiger partial charge on any atom is -0.493 e. The third kappa shape index (κ3) is 4.76. The molecule has 0 atom stereocenters. The Labute approximate surface area is 179 Å². The number of alkyl halides is 1. The number of aromatic nitrogens is 1. The van der Waals surface area contributed by atoms with Crippen LogP contribution in [0.5, 0.6) is 17.2 Å². The zero-order valence-corrected chi connectivity index (χ0v) is 17.5. The van der Waals surface area contributed by atoms with Crippen LogP contribution in [0.25, 0.3) is 11.1 Å². The molecule has 0 radical (unpaired) electrons. The highest BCUT2D eigenvalue weighted by Gasteiger charge is 2.12. The standard InChI is InChI=1S/C23H21ClN2O4/c1-28-21-7-6-16(10-22(21)29-2)13-26-14-18(12-25)23(27)20(15-26)17-4-3-5-19(11-17)30-9-8-24/h3-7,10-11,14-15H,8-9,13H2,1-2H3. The molecule has 0 aliphatic rings. The van der Waals surface area contributed by atoms with Gasteiger partial charge in [0.15, 0.2) is 11.5 Å². The highest BCUT2D eigenvalue weighted by molar-refractivity contribution is 6.18. The first-order chi connectivity index (χ1) is 14.6. The normalized spacial score (nSPS) is 10.3. The van der Waals surface area contributed by atoms with E-state index in [0.717, 1.165) is 5.56 Å². The predicted octanol–water partition coefficient (Wildman–Crippen LogP) is 4.07. The molecule has 0 aliphatic heterocycles. The summed E-state index contributed by atoms with van der Waals surface area (Å²) >= 11 is 5.68. The lowest BCUT2D eigenvalue weighted by Gasteiger charge is -2.13. The van der Waals surface area contributed by atoms with E-state index in [0.29, 0.717) is 47.4 Å². The van der Waals surface area contributed by atoms with Gasteiger partial charge in [-0.3, -0.25) is 4.79 Å². The number of ether oxygens (including phenoxy) is 3. The molecule has 2 aromatic carbocycles. The van der Waals surface area contributed by atoms with Crippen molar-refractivity contribution in [3.63, 3.8) is 0 Å². The van der Waals surface area contributed by atoms with E-state index in [4.69, 9.17) is 25.8 Å². The maximum Gasteiger partial charge on any atom is 0.207 e. The van der Waals surface area contributed by atoms with Crippen LogP contribution in [0.2, 0.25) is 0 Å². The molecule has 3 rings (SSSR count). The summed E-state index contributed by atoms with van der Waals surface area (Å²) in [5.41, 5.74) is 1.78. The van der Waals surface area contributed by atoms with E-state index in [1.54, 1.807) is 44.8 Å². The van der Waals surface area contributed by atoms with Crippen molar-refractivity contribution in [3.05, 3.63) is 76.2 Å². The van der Waals surface area contributed by atoms with Crippen LogP contribution in [-0.2, 0) is 6.54 Å². The van der Waals surface area contributed by atoms with Gasteiger partial charge in [0.2, 0.25) is 5.43 Å². The third-order valence-electron chi connectivity index (χ3n) is 4.50. The molecule has 0 bridgehead atoms. The van der Waals surface area contributed by atoms with Crippen LogP contribution in [0.4, 0.5) is 0 Å². The van der Waals surface area contributed by atoms with Crippen LogP contribution in [-0.4, -0.2) is 31.3 Å². The summed E-state index contributed by atoms with van der Waals surface area (Å²) in [6.07, 6.45) is 3.29. The third-order valence-corrected chi connectivity index (χ3v) is 4.66. The summed E-state index contributed by atoms with van der Waals surface area (Å²) in [6, 6.07) is 14.8. The van der Waals surface area contributed by atoms with E-state index in [9.17, 15) is 10.1 Å². The summed E-state index contributed by atoms with van der Waals surface area (Å²) in [5, 5.41) is 9.46. The molecule has 0 amide bonds. The maximum absolute atomic E-state index is 12.8. The second kappa shape index (κ2) is 9.86. The monoisotopic (exact) mass is 424 g/mol. The molecule has 7 heteroatoms. The molecule has 0 aliphatic carbocycles. The molecule has 154 valence electrons. The quantitative estimate of drug-likeness (QED) is 0.509. The second-order valence-corrected chi connectivity index (χ2v) is 6.83. The molecule has 0 unspecified atom stereocenters. The zero-order valence-electron chi connectivity index (χ0n) is 16.7. The summed E-state index contributed by atoms with van der Waals surface area (Å²) in [7, 11) is 3.15. The number of rotatable bonds is 8. The molecule has 1 aromatic heterocycles. The van der Waals surface area contributed by atoms with Gasteiger partial charge < -0.3 is 18.8 Å². The van der Waals surface area contributed by atoms with Gasteiger partial charge in [0.1, 0.15) is 24.0 Å². The fraction of sp³-hybridized carbons (Fsp3) is 0.217. The minimum atomic E-state index is -0.324. The molecule has 0 fully saturated rings. The van der Waals surface area contributed by atoms with Gasteiger partial charge in [0.05, 0.1) is 20.1 Å². The molecule has 3 aromatic rings. The number of nitriles is 1. The molecular formula is C23H21ClN2O4. The number of halogens is 1. The van der Waals surface area contributed by atoms with Gasteiger partial charge in [-0.15, -0.1) is 11.6 Å². The molecule has 6 nitrogen and oxygen atoms in total. The van der Waals surface area contributed by atoms with Crippen molar-refractivity contribution in [2.24, 2.45) is 0 Å². The second-order valence-electron chi connectivity index (χ2n) is 6.45. The molecule has 0 N–H and O–H groups in total. The van der Waals surface area contributed by atoms with E-state index < -0.39 is 0 Å². The number of hydrogen-bond acceptors (Lipinski definition) is 5. The number of methoxy groups -OCH3 is 2. The predicted molar refractivity (Wildman–Crippen MR) is 116 cm³/mol. The minimum absolute atomic E-state index is 0.0695. The lowest BCUT2D eigenvalue weighted by Crippen LogP contribution is -2.14. The Morgan fingerprint density at radius 3 is 2.57 bits per heavy atom. The fourth-order valence-electron chi connectivity index (χ4n) is 3.11. The van der Waals surface area contributed by atoms with Crippen molar-refractivity contribution in [1.82, 2.24) is 4.57 Å². The lowest BCUT2D eigenvalue weighted by atomic mass is 10.0. The summed E-state index contributed by atoms with van der Waals surface area (Å²) < 4.78 is 18.0. The summed E-state index contributed by atoms with van der Waals surface area (Å²) in [6.45, 7) is 0.817. The zero-order chi connectivity index (χ0) is 21.5. The van der Waals surface area contributed by atoms with Gasteiger partial charge in [-0.1, -0.05) is 18.2 Å². The van der Waals surface area contributed by atoms with Crippen molar-refractivity contribution >= 4 is 11.6 Å². The highest BCUT2D eigenvalue weighted by atomic mass is 35.5. The highest BCUT2D eigenvalue weighted by Crippen LogP contribution is 2.28. The Morgan fingerprint density at radius 2 is 1.87 bits per heavy atom. The largest absolute Gasteiger partial charge is 0.493 e. The Hall–Kier alpha value is -3.43. The average Bonchev–Trinajstić information content (AvgIpc) is 2.78.